The van der Waals surface area contributed by atoms with Gasteiger partial charge in [-0.15, -0.1) is 0 Å². The van der Waals surface area contributed by atoms with Crippen LogP contribution in [-0.2, 0) is 16.3 Å². The zero-order chi connectivity index (χ0) is 13.6. The summed E-state index contributed by atoms with van der Waals surface area (Å²) in [6.07, 6.45) is 1.78. The van der Waals surface area contributed by atoms with Gasteiger partial charge in [0.25, 0.3) is 0 Å². The molecule has 1 aromatic rings. The molecule has 0 amide bonds. The number of halogens is 1. The fourth-order valence-corrected chi connectivity index (χ4v) is 2.49. The quantitative estimate of drug-likeness (QED) is 0.772. The van der Waals surface area contributed by atoms with Gasteiger partial charge in [-0.25, -0.2) is 18.4 Å². The molecule has 0 aliphatic rings. The first-order valence-electron chi connectivity index (χ1n) is 5.94. The molecule has 0 aliphatic heterocycles. The molecule has 5 nitrogen and oxygen atoms in total. The van der Waals surface area contributed by atoms with E-state index in [0.29, 0.717) is 17.0 Å². The van der Waals surface area contributed by atoms with Crippen molar-refractivity contribution in [2.75, 3.05) is 23.4 Å². The standard InChI is InChI=1S/C11H18BrN3O2S/c1-3-5-10-14-9(12)8-11(15-10)13-6-7-18(16,17)4-2/h8H,3-7H2,1-2H3,(H,13,14,15). The Morgan fingerprint density at radius 2 is 2.06 bits per heavy atom. The van der Waals surface area contributed by atoms with Crippen LogP contribution in [0.3, 0.4) is 0 Å². The highest BCUT2D eigenvalue weighted by molar-refractivity contribution is 9.10. The highest BCUT2D eigenvalue weighted by atomic mass is 79.9. The van der Waals surface area contributed by atoms with Gasteiger partial charge >= 0.3 is 0 Å². The number of sulfone groups is 1. The molecule has 0 atom stereocenters. The van der Waals surface area contributed by atoms with Crippen LogP contribution in [0.4, 0.5) is 5.82 Å². The molecule has 102 valence electrons. The van der Waals surface area contributed by atoms with Crippen molar-refractivity contribution in [3.8, 4) is 0 Å². The van der Waals surface area contributed by atoms with Crippen LogP contribution in [0, 0.1) is 0 Å². The molecule has 18 heavy (non-hydrogen) atoms. The summed E-state index contributed by atoms with van der Waals surface area (Å²) in [4.78, 5) is 8.57. The summed E-state index contributed by atoms with van der Waals surface area (Å²) < 4.78 is 23.4. The van der Waals surface area contributed by atoms with Crippen molar-refractivity contribution in [2.24, 2.45) is 0 Å². The maximum Gasteiger partial charge on any atom is 0.151 e. The van der Waals surface area contributed by atoms with Crippen molar-refractivity contribution in [1.82, 2.24) is 9.97 Å². The predicted octanol–water partition coefficient (Wildman–Crippen LogP) is 2.04. The third-order valence-electron chi connectivity index (χ3n) is 2.37. The lowest BCUT2D eigenvalue weighted by molar-refractivity contribution is 0.597. The average Bonchev–Trinajstić information content (AvgIpc) is 2.28. The minimum Gasteiger partial charge on any atom is -0.369 e. The number of hydrogen-bond donors (Lipinski definition) is 1. The van der Waals surface area contributed by atoms with Gasteiger partial charge < -0.3 is 5.32 Å². The molecular weight excluding hydrogens is 318 g/mol. The summed E-state index contributed by atoms with van der Waals surface area (Å²) in [6.45, 7) is 4.08. The van der Waals surface area contributed by atoms with Crippen molar-refractivity contribution < 1.29 is 8.42 Å². The van der Waals surface area contributed by atoms with Gasteiger partial charge in [-0.1, -0.05) is 13.8 Å². The molecule has 0 saturated carbocycles. The Labute approximate surface area is 116 Å². The zero-order valence-corrected chi connectivity index (χ0v) is 13.0. The predicted molar refractivity (Wildman–Crippen MR) is 76.5 cm³/mol. The van der Waals surface area contributed by atoms with Crippen LogP contribution in [-0.4, -0.2) is 36.4 Å². The minimum absolute atomic E-state index is 0.119. The Balaban J connectivity index is 2.62. The van der Waals surface area contributed by atoms with E-state index in [1.165, 1.54) is 0 Å². The van der Waals surface area contributed by atoms with Gasteiger partial charge in [0, 0.05) is 24.8 Å². The summed E-state index contributed by atoms with van der Waals surface area (Å²) in [5.74, 6) is 1.71. The lowest BCUT2D eigenvalue weighted by atomic mass is 10.3. The molecule has 0 aromatic carbocycles. The molecule has 0 aliphatic carbocycles. The first-order chi connectivity index (χ1) is 8.46. The second kappa shape index (κ2) is 7.04. The summed E-state index contributed by atoms with van der Waals surface area (Å²) in [5.41, 5.74) is 0. The number of hydrogen-bond acceptors (Lipinski definition) is 5. The van der Waals surface area contributed by atoms with Gasteiger partial charge in [-0.2, -0.15) is 0 Å². The Morgan fingerprint density at radius 3 is 2.67 bits per heavy atom. The van der Waals surface area contributed by atoms with Crippen LogP contribution < -0.4 is 5.32 Å². The summed E-state index contributed by atoms with van der Waals surface area (Å²) in [5, 5.41) is 3.01. The lowest BCUT2D eigenvalue weighted by Crippen LogP contribution is -2.18. The van der Waals surface area contributed by atoms with E-state index in [1.807, 2.05) is 0 Å². The monoisotopic (exact) mass is 335 g/mol. The van der Waals surface area contributed by atoms with E-state index in [1.54, 1.807) is 13.0 Å². The molecule has 0 unspecified atom stereocenters. The first-order valence-corrected chi connectivity index (χ1v) is 8.56. The van der Waals surface area contributed by atoms with E-state index >= 15 is 0 Å². The molecule has 0 spiro atoms. The normalized spacial score (nSPS) is 11.5. The topological polar surface area (TPSA) is 72.0 Å². The fraction of sp³-hybridized carbons (Fsp3) is 0.636. The highest BCUT2D eigenvalue weighted by Gasteiger charge is 2.07. The van der Waals surface area contributed by atoms with Crippen LogP contribution in [0.25, 0.3) is 0 Å². The number of aromatic nitrogens is 2. The molecule has 1 heterocycles. The average molecular weight is 336 g/mol. The van der Waals surface area contributed by atoms with Gasteiger partial charge in [0.1, 0.15) is 16.2 Å². The number of anilines is 1. The fourth-order valence-electron chi connectivity index (χ4n) is 1.37. The van der Waals surface area contributed by atoms with Gasteiger partial charge in [0.2, 0.25) is 0 Å². The third-order valence-corrected chi connectivity index (χ3v) is 4.49. The number of nitrogens with zero attached hydrogens (tertiary/aromatic N) is 2. The smallest absolute Gasteiger partial charge is 0.151 e. The Morgan fingerprint density at radius 1 is 1.33 bits per heavy atom. The van der Waals surface area contributed by atoms with E-state index < -0.39 is 9.84 Å². The second-order valence-corrected chi connectivity index (χ2v) is 7.19. The largest absolute Gasteiger partial charge is 0.369 e. The highest BCUT2D eigenvalue weighted by Crippen LogP contribution is 2.13. The van der Waals surface area contributed by atoms with Gasteiger partial charge in [-0.3, -0.25) is 0 Å². The maximum atomic E-state index is 11.3. The molecule has 0 bridgehead atoms. The van der Waals surface area contributed by atoms with Crippen molar-refractivity contribution in [2.45, 2.75) is 26.7 Å². The molecule has 0 fully saturated rings. The summed E-state index contributed by atoms with van der Waals surface area (Å²) >= 11 is 3.32. The Kier molecular flexibility index (Phi) is 6.01. The van der Waals surface area contributed by atoms with Crippen LogP contribution in [0.1, 0.15) is 26.1 Å². The van der Waals surface area contributed by atoms with E-state index in [0.717, 1.165) is 18.7 Å². The minimum atomic E-state index is -2.94. The van der Waals surface area contributed by atoms with Gasteiger partial charge in [-0.05, 0) is 22.4 Å². The molecule has 0 saturated heterocycles. The molecular formula is C11H18BrN3O2S. The molecule has 0 radical (unpaired) electrons. The summed E-state index contributed by atoms with van der Waals surface area (Å²) in [7, 11) is -2.94. The lowest BCUT2D eigenvalue weighted by Gasteiger charge is -2.07. The second-order valence-electron chi connectivity index (χ2n) is 3.91. The number of rotatable bonds is 7. The number of nitrogens with one attached hydrogen (secondary N) is 1. The third kappa shape index (κ3) is 5.30. The van der Waals surface area contributed by atoms with Crippen molar-refractivity contribution in [1.29, 1.82) is 0 Å². The van der Waals surface area contributed by atoms with E-state index in [4.69, 9.17) is 0 Å². The van der Waals surface area contributed by atoms with Crippen LogP contribution in [0.15, 0.2) is 10.7 Å². The van der Waals surface area contributed by atoms with Gasteiger partial charge in [0.15, 0.2) is 9.84 Å². The maximum absolute atomic E-state index is 11.3. The summed E-state index contributed by atoms with van der Waals surface area (Å²) in [6, 6.07) is 1.75. The van der Waals surface area contributed by atoms with E-state index in [-0.39, 0.29) is 11.5 Å². The van der Waals surface area contributed by atoms with Crippen molar-refractivity contribution >= 4 is 31.6 Å². The Bertz CT molecular complexity index is 491. The van der Waals surface area contributed by atoms with Crippen molar-refractivity contribution in [3.63, 3.8) is 0 Å². The van der Waals surface area contributed by atoms with E-state index in [9.17, 15) is 8.42 Å². The molecule has 1 aromatic heterocycles. The zero-order valence-electron chi connectivity index (χ0n) is 10.6. The number of aryl methyl sites for hydroxylation is 1. The SMILES string of the molecule is CCCc1nc(Br)cc(NCCS(=O)(=O)CC)n1. The Hall–Kier alpha value is -0.690. The molecule has 1 N–H and O–H groups in total. The molecule has 1 rings (SSSR count). The van der Waals surface area contributed by atoms with Crippen LogP contribution in [0.2, 0.25) is 0 Å². The van der Waals surface area contributed by atoms with Gasteiger partial charge in [0.05, 0.1) is 5.75 Å². The van der Waals surface area contributed by atoms with Crippen LogP contribution in [0.5, 0.6) is 0 Å². The first kappa shape index (κ1) is 15.4. The van der Waals surface area contributed by atoms with Crippen LogP contribution >= 0.6 is 15.9 Å². The molecule has 7 heteroatoms. The van der Waals surface area contributed by atoms with E-state index in [2.05, 4.69) is 38.1 Å². The van der Waals surface area contributed by atoms with Crippen molar-refractivity contribution in [3.05, 3.63) is 16.5 Å².